The van der Waals surface area contributed by atoms with Gasteiger partial charge < -0.3 is 10.5 Å². The van der Waals surface area contributed by atoms with Crippen LogP contribution in [0.1, 0.15) is 50.0 Å². The third-order valence-electron chi connectivity index (χ3n) is 3.14. The third-order valence-corrected chi connectivity index (χ3v) is 3.96. The second-order valence-electron chi connectivity index (χ2n) is 6.14. The van der Waals surface area contributed by atoms with Crippen molar-refractivity contribution in [2.75, 3.05) is 0 Å². The lowest BCUT2D eigenvalue weighted by molar-refractivity contribution is 0.298. The maximum absolute atomic E-state index is 13.4. The van der Waals surface area contributed by atoms with Gasteiger partial charge in [-0.3, -0.25) is 0 Å². The van der Waals surface area contributed by atoms with E-state index in [0.717, 1.165) is 16.3 Å². The normalized spacial score (nSPS) is 13.2. The highest BCUT2D eigenvalue weighted by molar-refractivity contribution is 7.09. The van der Waals surface area contributed by atoms with Gasteiger partial charge in [-0.1, -0.05) is 26.8 Å². The minimum absolute atomic E-state index is 0.0184. The summed E-state index contributed by atoms with van der Waals surface area (Å²) < 4.78 is 19.1. The molecule has 1 unspecified atom stereocenters. The lowest BCUT2D eigenvalue weighted by Gasteiger charge is -2.15. The molecule has 0 radical (unpaired) electrons. The van der Waals surface area contributed by atoms with Gasteiger partial charge >= 0.3 is 0 Å². The number of nitrogens with two attached hydrogens (primary N) is 1. The molecule has 1 heterocycles. The van der Waals surface area contributed by atoms with Gasteiger partial charge in [-0.15, -0.1) is 11.3 Å². The summed E-state index contributed by atoms with van der Waals surface area (Å²) in [5.41, 5.74) is 7.73. The quantitative estimate of drug-likeness (QED) is 0.922. The topological polar surface area (TPSA) is 48.1 Å². The number of benzene rings is 1. The van der Waals surface area contributed by atoms with Crippen LogP contribution in [0.25, 0.3) is 0 Å². The Morgan fingerprint density at radius 1 is 1.38 bits per heavy atom. The van der Waals surface area contributed by atoms with E-state index in [9.17, 15) is 4.39 Å². The van der Waals surface area contributed by atoms with Crippen LogP contribution in [0.5, 0.6) is 5.75 Å². The maximum Gasteiger partial charge on any atom is 0.140 e. The highest BCUT2D eigenvalue weighted by atomic mass is 32.1. The Hall–Kier alpha value is -1.46. The lowest BCUT2D eigenvalue weighted by Crippen LogP contribution is -2.12. The molecule has 0 bridgehead atoms. The first kappa shape index (κ1) is 15.9. The summed E-state index contributed by atoms with van der Waals surface area (Å²) in [5, 5.41) is 2.91. The molecular formula is C16H21FN2OS. The van der Waals surface area contributed by atoms with Crippen molar-refractivity contribution in [3.05, 3.63) is 45.7 Å². The van der Waals surface area contributed by atoms with E-state index in [4.69, 9.17) is 10.5 Å². The number of hydrogen-bond donors (Lipinski definition) is 1. The van der Waals surface area contributed by atoms with Crippen LogP contribution in [0.4, 0.5) is 4.39 Å². The molecule has 21 heavy (non-hydrogen) atoms. The number of nitrogens with zero attached hydrogens (tertiary/aromatic N) is 1. The van der Waals surface area contributed by atoms with Crippen molar-refractivity contribution >= 4 is 11.3 Å². The van der Waals surface area contributed by atoms with Gasteiger partial charge in [0.15, 0.2) is 0 Å². The van der Waals surface area contributed by atoms with Crippen LogP contribution in [-0.4, -0.2) is 4.98 Å². The van der Waals surface area contributed by atoms with Gasteiger partial charge in [0.2, 0.25) is 0 Å². The molecule has 2 N–H and O–H groups in total. The van der Waals surface area contributed by atoms with E-state index in [1.165, 1.54) is 12.1 Å². The fourth-order valence-corrected chi connectivity index (χ4v) is 2.80. The zero-order valence-corrected chi connectivity index (χ0v) is 13.6. The molecule has 2 rings (SSSR count). The van der Waals surface area contributed by atoms with Gasteiger partial charge in [0.25, 0.3) is 0 Å². The highest BCUT2D eigenvalue weighted by Crippen LogP contribution is 2.27. The molecule has 0 amide bonds. The van der Waals surface area contributed by atoms with Gasteiger partial charge in [-0.25, -0.2) is 9.37 Å². The van der Waals surface area contributed by atoms with Gasteiger partial charge in [0, 0.05) is 28.5 Å². The average Bonchev–Trinajstić information content (AvgIpc) is 2.84. The Morgan fingerprint density at radius 3 is 2.67 bits per heavy atom. The van der Waals surface area contributed by atoms with Crippen LogP contribution >= 0.6 is 11.3 Å². The van der Waals surface area contributed by atoms with Crippen molar-refractivity contribution in [2.24, 2.45) is 5.73 Å². The minimum Gasteiger partial charge on any atom is -0.486 e. The predicted molar refractivity (Wildman–Crippen MR) is 84.1 cm³/mol. The van der Waals surface area contributed by atoms with Crippen molar-refractivity contribution in [1.82, 2.24) is 4.98 Å². The van der Waals surface area contributed by atoms with E-state index in [-0.39, 0.29) is 17.3 Å². The molecule has 1 aromatic heterocycles. The standard InChI is InChI=1S/C16H21FN2OS/c1-10(18)12-6-5-11(17)7-13(12)20-8-15-19-14(9-21-15)16(2,3)4/h5-7,9-10H,8,18H2,1-4H3. The van der Waals surface area contributed by atoms with Crippen molar-refractivity contribution < 1.29 is 9.13 Å². The number of hydrogen-bond acceptors (Lipinski definition) is 4. The van der Waals surface area contributed by atoms with E-state index < -0.39 is 0 Å². The Labute approximate surface area is 129 Å². The van der Waals surface area contributed by atoms with E-state index in [1.807, 2.05) is 12.3 Å². The first-order chi connectivity index (χ1) is 9.77. The molecule has 5 heteroatoms. The fourth-order valence-electron chi connectivity index (χ4n) is 1.87. The molecule has 114 valence electrons. The van der Waals surface area contributed by atoms with Crippen LogP contribution in [-0.2, 0) is 12.0 Å². The number of ether oxygens (including phenoxy) is 1. The Bertz CT molecular complexity index is 617. The molecule has 2 aromatic rings. The van der Waals surface area contributed by atoms with Crippen LogP contribution in [0.15, 0.2) is 23.6 Å². The van der Waals surface area contributed by atoms with Gasteiger partial charge in [-0.05, 0) is 13.0 Å². The summed E-state index contributed by atoms with van der Waals surface area (Å²) in [5.74, 6) is 0.154. The van der Waals surface area contributed by atoms with Gasteiger partial charge in [-0.2, -0.15) is 0 Å². The molecule has 0 aliphatic rings. The molecule has 1 atom stereocenters. The van der Waals surface area contributed by atoms with Crippen LogP contribution in [0.3, 0.4) is 0 Å². The summed E-state index contributed by atoms with van der Waals surface area (Å²) in [6, 6.07) is 4.23. The second-order valence-corrected chi connectivity index (χ2v) is 7.08. The second kappa shape index (κ2) is 6.12. The summed E-state index contributed by atoms with van der Waals surface area (Å²) in [6.07, 6.45) is 0. The van der Waals surface area contributed by atoms with E-state index in [2.05, 4.69) is 25.8 Å². The number of thiazole rings is 1. The molecule has 0 aliphatic carbocycles. The Kier molecular flexibility index (Phi) is 4.64. The molecule has 0 saturated carbocycles. The zero-order valence-electron chi connectivity index (χ0n) is 12.8. The maximum atomic E-state index is 13.4. The zero-order chi connectivity index (χ0) is 15.6. The first-order valence-corrected chi connectivity index (χ1v) is 7.78. The van der Waals surface area contributed by atoms with Crippen LogP contribution in [0.2, 0.25) is 0 Å². The molecule has 0 saturated heterocycles. The molecular weight excluding hydrogens is 287 g/mol. The number of aromatic nitrogens is 1. The van der Waals surface area contributed by atoms with Crippen molar-refractivity contribution in [3.8, 4) is 5.75 Å². The lowest BCUT2D eigenvalue weighted by atomic mass is 9.93. The molecule has 0 fully saturated rings. The third kappa shape index (κ3) is 4.02. The van der Waals surface area contributed by atoms with E-state index >= 15 is 0 Å². The van der Waals surface area contributed by atoms with E-state index in [0.29, 0.717) is 12.4 Å². The van der Waals surface area contributed by atoms with Gasteiger partial charge in [0.1, 0.15) is 23.2 Å². The van der Waals surface area contributed by atoms with Crippen molar-refractivity contribution in [3.63, 3.8) is 0 Å². The predicted octanol–water partition coefficient (Wildman–Crippen LogP) is 4.18. The highest BCUT2D eigenvalue weighted by Gasteiger charge is 2.18. The van der Waals surface area contributed by atoms with Gasteiger partial charge in [0.05, 0.1) is 5.69 Å². The van der Waals surface area contributed by atoms with E-state index in [1.54, 1.807) is 17.4 Å². The number of rotatable bonds is 4. The SMILES string of the molecule is CC(N)c1ccc(F)cc1OCc1nc(C(C)(C)C)cs1. The number of halogens is 1. The molecule has 0 spiro atoms. The summed E-state index contributed by atoms with van der Waals surface area (Å²) in [4.78, 5) is 4.56. The van der Waals surface area contributed by atoms with Crippen molar-refractivity contribution in [2.45, 2.75) is 45.8 Å². The van der Waals surface area contributed by atoms with Crippen LogP contribution in [0, 0.1) is 5.82 Å². The molecule has 3 nitrogen and oxygen atoms in total. The largest absolute Gasteiger partial charge is 0.486 e. The first-order valence-electron chi connectivity index (χ1n) is 6.90. The Morgan fingerprint density at radius 2 is 2.10 bits per heavy atom. The average molecular weight is 308 g/mol. The van der Waals surface area contributed by atoms with Crippen molar-refractivity contribution in [1.29, 1.82) is 0 Å². The van der Waals surface area contributed by atoms with Crippen LogP contribution < -0.4 is 10.5 Å². The summed E-state index contributed by atoms with van der Waals surface area (Å²) in [7, 11) is 0. The molecule has 0 aliphatic heterocycles. The summed E-state index contributed by atoms with van der Waals surface area (Å²) >= 11 is 1.55. The monoisotopic (exact) mass is 308 g/mol. The summed E-state index contributed by atoms with van der Waals surface area (Å²) in [6.45, 7) is 8.53. The Balaban J connectivity index is 2.13. The fraction of sp³-hybridized carbons (Fsp3) is 0.438. The smallest absolute Gasteiger partial charge is 0.140 e. The minimum atomic E-state index is -0.330. The molecule has 1 aromatic carbocycles.